The molecule has 0 saturated heterocycles. The Bertz CT molecular complexity index is 335. The third kappa shape index (κ3) is 3.60. The Morgan fingerprint density at radius 2 is 2.43 bits per heavy atom. The van der Waals surface area contributed by atoms with Gasteiger partial charge in [0.2, 0.25) is 0 Å². The zero-order valence-corrected chi connectivity index (χ0v) is 9.11. The lowest BCUT2D eigenvalue weighted by atomic mass is 10.4. The molecule has 1 aromatic rings. The number of nitrogens with two attached hydrogens (primary N) is 1. The van der Waals surface area contributed by atoms with Gasteiger partial charge in [-0.05, 0) is 18.2 Å². The Hall–Kier alpha value is -0.660. The van der Waals surface area contributed by atoms with E-state index in [1.165, 1.54) is 0 Å². The highest BCUT2D eigenvalue weighted by molar-refractivity contribution is 7.99. The molecule has 0 spiro atoms. The predicted octanol–water partition coefficient (Wildman–Crippen LogP) is 1.90. The summed E-state index contributed by atoms with van der Waals surface area (Å²) in [6, 6.07) is 7.52. The molecule has 1 rings (SSSR count). The molecule has 1 atom stereocenters. The molecule has 0 saturated carbocycles. The predicted molar refractivity (Wildman–Crippen MR) is 62.1 cm³/mol. The minimum absolute atomic E-state index is 0.112. The number of hydrogen-bond donors (Lipinski definition) is 2. The molecule has 0 aliphatic carbocycles. The number of rotatable bonds is 4. The maximum absolute atomic E-state index is 5.83. The third-order valence-corrected chi connectivity index (χ3v) is 2.94. The molecule has 0 amide bonds. The van der Waals surface area contributed by atoms with Gasteiger partial charge in [-0.15, -0.1) is 18.2 Å². The van der Waals surface area contributed by atoms with Crippen molar-refractivity contribution >= 4 is 23.4 Å². The van der Waals surface area contributed by atoms with Crippen LogP contribution in [0.3, 0.4) is 0 Å². The van der Waals surface area contributed by atoms with Crippen LogP contribution in [-0.2, 0) is 0 Å². The van der Waals surface area contributed by atoms with Gasteiger partial charge < -0.3 is 0 Å². The summed E-state index contributed by atoms with van der Waals surface area (Å²) in [5.74, 6) is 8.52. The van der Waals surface area contributed by atoms with Crippen LogP contribution in [0.4, 0.5) is 0 Å². The quantitative estimate of drug-likeness (QED) is 0.357. The number of benzene rings is 1. The van der Waals surface area contributed by atoms with Crippen LogP contribution in [0.2, 0.25) is 5.02 Å². The zero-order valence-electron chi connectivity index (χ0n) is 7.53. The number of thioether (sulfide) groups is 1. The summed E-state index contributed by atoms with van der Waals surface area (Å²) in [5, 5.41) is 0.730. The smallest absolute Gasteiger partial charge is 0.0908 e. The lowest BCUT2D eigenvalue weighted by molar-refractivity contribution is 0.694. The summed E-state index contributed by atoms with van der Waals surface area (Å²) in [6.45, 7) is 0. The van der Waals surface area contributed by atoms with Crippen molar-refractivity contribution in [2.45, 2.75) is 10.9 Å². The minimum atomic E-state index is -0.112. The Kier molecular flexibility index (Phi) is 4.85. The van der Waals surface area contributed by atoms with E-state index in [1.807, 2.05) is 24.3 Å². The van der Waals surface area contributed by atoms with E-state index in [2.05, 4.69) is 11.3 Å². The van der Waals surface area contributed by atoms with E-state index in [-0.39, 0.29) is 6.04 Å². The Morgan fingerprint density at radius 3 is 3.00 bits per heavy atom. The van der Waals surface area contributed by atoms with Gasteiger partial charge >= 0.3 is 0 Å². The molecule has 0 aliphatic rings. The summed E-state index contributed by atoms with van der Waals surface area (Å²) in [7, 11) is 0. The fourth-order valence-corrected chi connectivity index (χ4v) is 2.07. The first-order chi connectivity index (χ1) is 6.76. The average molecular weight is 227 g/mol. The minimum Gasteiger partial charge on any atom is -0.270 e. The van der Waals surface area contributed by atoms with E-state index in [4.69, 9.17) is 23.9 Å². The van der Waals surface area contributed by atoms with Crippen LogP contribution in [0.1, 0.15) is 0 Å². The van der Waals surface area contributed by atoms with Crippen molar-refractivity contribution in [2.24, 2.45) is 5.84 Å². The molecule has 1 unspecified atom stereocenters. The van der Waals surface area contributed by atoms with E-state index in [9.17, 15) is 0 Å². The summed E-state index contributed by atoms with van der Waals surface area (Å²) in [4.78, 5) is 1.09. The summed E-state index contributed by atoms with van der Waals surface area (Å²) >= 11 is 7.46. The van der Waals surface area contributed by atoms with Gasteiger partial charge in [-0.2, -0.15) is 0 Å². The van der Waals surface area contributed by atoms with Gasteiger partial charge in [-0.3, -0.25) is 5.84 Å². The first-order valence-corrected chi connectivity index (χ1v) is 5.43. The van der Waals surface area contributed by atoms with Crippen LogP contribution in [0.5, 0.6) is 0 Å². The molecule has 14 heavy (non-hydrogen) atoms. The maximum Gasteiger partial charge on any atom is 0.0908 e. The highest BCUT2D eigenvalue weighted by Crippen LogP contribution is 2.21. The fourth-order valence-electron chi connectivity index (χ4n) is 0.881. The van der Waals surface area contributed by atoms with Crippen molar-refractivity contribution in [3.8, 4) is 12.3 Å². The second kappa shape index (κ2) is 5.94. The van der Waals surface area contributed by atoms with Gasteiger partial charge in [0.25, 0.3) is 0 Å². The monoisotopic (exact) mass is 226 g/mol. The summed E-state index contributed by atoms with van der Waals surface area (Å²) in [6.07, 6.45) is 5.25. The number of nitrogens with one attached hydrogen (secondary N) is 1. The first-order valence-electron chi connectivity index (χ1n) is 4.07. The number of hydrogen-bond acceptors (Lipinski definition) is 3. The van der Waals surface area contributed by atoms with Gasteiger partial charge in [-0.1, -0.05) is 23.6 Å². The second-order valence-corrected chi connectivity index (χ2v) is 4.18. The fraction of sp³-hybridized carbons (Fsp3) is 0.200. The molecular weight excluding hydrogens is 216 g/mol. The molecule has 2 nitrogen and oxygen atoms in total. The van der Waals surface area contributed by atoms with Gasteiger partial charge in [0.1, 0.15) is 0 Å². The van der Waals surface area contributed by atoms with Crippen molar-refractivity contribution in [3.63, 3.8) is 0 Å². The third-order valence-electron chi connectivity index (χ3n) is 1.62. The van der Waals surface area contributed by atoms with E-state index >= 15 is 0 Å². The van der Waals surface area contributed by atoms with Gasteiger partial charge in [0, 0.05) is 15.7 Å². The van der Waals surface area contributed by atoms with Crippen molar-refractivity contribution in [1.29, 1.82) is 0 Å². The van der Waals surface area contributed by atoms with Crippen LogP contribution in [0, 0.1) is 12.3 Å². The van der Waals surface area contributed by atoms with Gasteiger partial charge in [0.05, 0.1) is 6.04 Å². The number of halogens is 1. The molecule has 74 valence electrons. The van der Waals surface area contributed by atoms with Crippen LogP contribution in [0.25, 0.3) is 0 Å². The Morgan fingerprint density at radius 1 is 1.64 bits per heavy atom. The molecule has 4 heteroatoms. The Balaban J connectivity index is 2.50. The highest BCUT2D eigenvalue weighted by Gasteiger charge is 2.02. The maximum atomic E-state index is 5.83. The molecule has 0 bridgehead atoms. The van der Waals surface area contributed by atoms with Crippen LogP contribution in [0.15, 0.2) is 29.2 Å². The van der Waals surface area contributed by atoms with Gasteiger partial charge in [-0.25, -0.2) is 5.43 Å². The van der Waals surface area contributed by atoms with Gasteiger partial charge in [0.15, 0.2) is 0 Å². The first kappa shape index (κ1) is 11.4. The average Bonchev–Trinajstić information content (AvgIpc) is 2.19. The second-order valence-electron chi connectivity index (χ2n) is 2.65. The van der Waals surface area contributed by atoms with Crippen LogP contribution in [-0.4, -0.2) is 11.8 Å². The van der Waals surface area contributed by atoms with Crippen molar-refractivity contribution in [3.05, 3.63) is 29.3 Å². The van der Waals surface area contributed by atoms with Crippen molar-refractivity contribution in [1.82, 2.24) is 5.43 Å². The molecule has 0 aliphatic heterocycles. The zero-order chi connectivity index (χ0) is 10.4. The van der Waals surface area contributed by atoms with E-state index in [0.29, 0.717) is 0 Å². The highest BCUT2D eigenvalue weighted by atomic mass is 35.5. The number of terminal acetylenes is 1. The molecule has 0 radical (unpaired) electrons. The topological polar surface area (TPSA) is 38.0 Å². The molecule has 1 aromatic carbocycles. The molecule has 3 N–H and O–H groups in total. The largest absolute Gasteiger partial charge is 0.270 e. The van der Waals surface area contributed by atoms with Crippen molar-refractivity contribution < 1.29 is 0 Å². The Labute approximate surface area is 93.2 Å². The summed E-state index contributed by atoms with van der Waals surface area (Å²) in [5.41, 5.74) is 2.55. The standard InChI is InChI=1S/C10H11ClN2S/c1-2-9(13-12)7-14-10-5-3-4-8(11)6-10/h1,3-6,9,13H,7,12H2. The van der Waals surface area contributed by atoms with E-state index in [1.54, 1.807) is 11.8 Å². The van der Waals surface area contributed by atoms with Crippen LogP contribution < -0.4 is 11.3 Å². The molecule has 0 fully saturated rings. The normalized spacial score (nSPS) is 12.1. The summed E-state index contributed by atoms with van der Waals surface area (Å²) < 4.78 is 0. The SMILES string of the molecule is C#CC(CSc1cccc(Cl)c1)NN. The molecule has 0 heterocycles. The lowest BCUT2D eigenvalue weighted by Gasteiger charge is -2.08. The van der Waals surface area contributed by atoms with E-state index in [0.717, 1.165) is 15.7 Å². The van der Waals surface area contributed by atoms with Crippen LogP contribution >= 0.6 is 23.4 Å². The molecule has 0 aromatic heterocycles. The molecular formula is C10H11ClN2S. The lowest BCUT2D eigenvalue weighted by Crippen LogP contribution is -2.35. The van der Waals surface area contributed by atoms with E-state index < -0.39 is 0 Å². The van der Waals surface area contributed by atoms with Crippen molar-refractivity contribution in [2.75, 3.05) is 5.75 Å². The number of hydrazine groups is 1.